The standard InChI is InChI=1S/C21H21N3O3S/c1-14-4-3-5-18(12-14)27-11-10-20(26)24-21-23-19(13-28-21)16-6-8-17(9-7-16)22-15(2)25/h3-9,12-13H,10-11H2,1-2H3,(H,22,25)(H,23,24,26). The van der Waals surface area contributed by atoms with Crippen LogP contribution in [0.2, 0.25) is 0 Å². The molecular formula is C21H21N3O3S. The van der Waals surface area contributed by atoms with E-state index in [1.807, 2.05) is 60.8 Å². The monoisotopic (exact) mass is 395 g/mol. The summed E-state index contributed by atoms with van der Waals surface area (Å²) < 4.78 is 5.60. The van der Waals surface area contributed by atoms with Crippen LogP contribution in [0.25, 0.3) is 11.3 Å². The van der Waals surface area contributed by atoms with E-state index in [0.717, 1.165) is 28.3 Å². The van der Waals surface area contributed by atoms with E-state index in [1.165, 1.54) is 18.3 Å². The molecule has 28 heavy (non-hydrogen) atoms. The van der Waals surface area contributed by atoms with Crippen molar-refractivity contribution in [3.8, 4) is 17.0 Å². The Morgan fingerprint density at radius 3 is 2.61 bits per heavy atom. The number of amides is 2. The Morgan fingerprint density at radius 2 is 1.89 bits per heavy atom. The van der Waals surface area contributed by atoms with Crippen LogP contribution >= 0.6 is 11.3 Å². The number of hydrogen-bond donors (Lipinski definition) is 2. The number of rotatable bonds is 7. The van der Waals surface area contributed by atoms with Crippen LogP contribution in [-0.2, 0) is 9.59 Å². The van der Waals surface area contributed by atoms with E-state index < -0.39 is 0 Å². The van der Waals surface area contributed by atoms with Gasteiger partial charge in [-0.25, -0.2) is 4.98 Å². The highest BCUT2D eigenvalue weighted by molar-refractivity contribution is 7.14. The van der Waals surface area contributed by atoms with Crippen LogP contribution in [0.5, 0.6) is 5.75 Å². The summed E-state index contributed by atoms with van der Waals surface area (Å²) >= 11 is 1.37. The molecule has 0 bridgehead atoms. The molecule has 0 fully saturated rings. The summed E-state index contributed by atoms with van der Waals surface area (Å²) in [6.07, 6.45) is 0.244. The maximum Gasteiger partial charge on any atom is 0.229 e. The summed E-state index contributed by atoms with van der Waals surface area (Å²) in [5.74, 6) is 0.499. The molecule has 0 saturated carbocycles. The molecule has 0 atom stereocenters. The fourth-order valence-electron chi connectivity index (χ4n) is 2.54. The highest BCUT2D eigenvalue weighted by Gasteiger charge is 2.09. The number of nitrogens with zero attached hydrogens (tertiary/aromatic N) is 1. The van der Waals surface area contributed by atoms with Gasteiger partial charge in [-0.2, -0.15) is 0 Å². The summed E-state index contributed by atoms with van der Waals surface area (Å²) in [6.45, 7) is 3.76. The zero-order valence-electron chi connectivity index (χ0n) is 15.7. The predicted molar refractivity (Wildman–Crippen MR) is 112 cm³/mol. The molecule has 2 aromatic carbocycles. The minimum absolute atomic E-state index is 0.113. The molecule has 144 valence electrons. The molecule has 0 spiro atoms. The van der Waals surface area contributed by atoms with Crippen molar-refractivity contribution in [3.05, 3.63) is 59.5 Å². The third kappa shape index (κ3) is 5.65. The Balaban J connectivity index is 1.51. The van der Waals surface area contributed by atoms with Crippen molar-refractivity contribution in [2.75, 3.05) is 17.2 Å². The van der Waals surface area contributed by atoms with Crippen LogP contribution in [0.4, 0.5) is 10.8 Å². The molecule has 0 aliphatic carbocycles. The molecule has 0 radical (unpaired) electrons. The first kappa shape index (κ1) is 19.6. The van der Waals surface area contributed by atoms with Crippen LogP contribution < -0.4 is 15.4 Å². The normalized spacial score (nSPS) is 10.4. The van der Waals surface area contributed by atoms with E-state index in [1.54, 1.807) is 0 Å². The fraction of sp³-hybridized carbons (Fsp3) is 0.190. The molecule has 2 N–H and O–H groups in total. The Bertz CT molecular complexity index is 967. The van der Waals surface area contributed by atoms with Crippen LogP contribution in [0.3, 0.4) is 0 Å². The average Bonchev–Trinajstić information content (AvgIpc) is 3.10. The van der Waals surface area contributed by atoms with Gasteiger partial charge in [-0.1, -0.05) is 24.3 Å². The van der Waals surface area contributed by atoms with Gasteiger partial charge in [0.2, 0.25) is 11.8 Å². The molecule has 0 saturated heterocycles. The smallest absolute Gasteiger partial charge is 0.229 e. The molecule has 7 heteroatoms. The average molecular weight is 395 g/mol. The van der Waals surface area contributed by atoms with Crippen LogP contribution in [-0.4, -0.2) is 23.4 Å². The predicted octanol–water partition coefficient (Wildman–Crippen LogP) is 4.48. The molecule has 1 aromatic heterocycles. The first-order valence-electron chi connectivity index (χ1n) is 8.82. The van der Waals surface area contributed by atoms with Gasteiger partial charge >= 0.3 is 0 Å². The van der Waals surface area contributed by atoms with Crippen molar-refractivity contribution in [2.24, 2.45) is 0 Å². The number of benzene rings is 2. The Kier molecular flexibility index (Phi) is 6.39. The van der Waals surface area contributed by atoms with Crippen LogP contribution in [0, 0.1) is 6.92 Å². The second-order valence-corrected chi connectivity index (χ2v) is 7.12. The van der Waals surface area contributed by atoms with Crippen molar-refractivity contribution in [1.29, 1.82) is 0 Å². The first-order valence-corrected chi connectivity index (χ1v) is 9.70. The van der Waals surface area contributed by atoms with Gasteiger partial charge in [0.05, 0.1) is 18.7 Å². The van der Waals surface area contributed by atoms with Gasteiger partial charge in [0.25, 0.3) is 0 Å². The minimum atomic E-state index is -0.144. The van der Waals surface area contributed by atoms with Gasteiger partial charge < -0.3 is 15.4 Å². The van der Waals surface area contributed by atoms with Crippen LogP contribution in [0.1, 0.15) is 18.9 Å². The van der Waals surface area contributed by atoms with Gasteiger partial charge in [0.1, 0.15) is 5.75 Å². The van der Waals surface area contributed by atoms with E-state index in [4.69, 9.17) is 4.74 Å². The van der Waals surface area contributed by atoms with E-state index in [-0.39, 0.29) is 18.2 Å². The number of aryl methyl sites for hydroxylation is 1. The zero-order chi connectivity index (χ0) is 19.9. The molecule has 6 nitrogen and oxygen atoms in total. The summed E-state index contributed by atoms with van der Waals surface area (Å²) in [5, 5.41) is 7.95. The van der Waals surface area contributed by atoms with Crippen molar-refractivity contribution < 1.29 is 14.3 Å². The highest BCUT2D eigenvalue weighted by Crippen LogP contribution is 2.26. The molecule has 0 aliphatic heterocycles. The summed E-state index contributed by atoms with van der Waals surface area (Å²) in [5.41, 5.74) is 3.52. The maximum atomic E-state index is 12.1. The molecular weight excluding hydrogens is 374 g/mol. The summed E-state index contributed by atoms with van der Waals surface area (Å²) in [4.78, 5) is 27.6. The van der Waals surface area contributed by atoms with E-state index >= 15 is 0 Å². The number of ether oxygens (including phenoxy) is 1. The van der Waals surface area contributed by atoms with Crippen LogP contribution in [0.15, 0.2) is 53.9 Å². The number of nitrogens with one attached hydrogen (secondary N) is 2. The molecule has 0 aliphatic rings. The lowest BCUT2D eigenvalue weighted by molar-refractivity contribution is -0.116. The first-order chi connectivity index (χ1) is 13.5. The lowest BCUT2D eigenvalue weighted by Crippen LogP contribution is -2.15. The third-order valence-corrected chi connectivity index (χ3v) is 4.60. The fourth-order valence-corrected chi connectivity index (χ4v) is 3.28. The second kappa shape index (κ2) is 9.14. The number of carbonyl (C=O) groups is 2. The third-order valence-electron chi connectivity index (χ3n) is 3.84. The molecule has 1 heterocycles. The van der Waals surface area contributed by atoms with Gasteiger partial charge in [-0.05, 0) is 36.8 Å². The Labute approximate surface area is 167 Å². The quantitative estimate of drug-likeness (QED) is 0.618. The number of thiazole rings is 1. The number of hydrogen-bond acceptors (Lipinski definition) is 5. The number of carbonyl (C=O) groups excluding carboxylic acids is 2. The molecule has 3 aromatic rings. The van der Waals surface area contributed by atoms with Crippen molar-refractivity contribution in [2.45, 2.75) is 20.3 Å². The minimum Gasteiger partial charge on any atom is -0.493 e. The molecule has 2 amide bonds. The zero-order valence-corrected chi connectivity index (χ0v) is 16.5. The summed E-state index contributed by atoms with van der Waals surface area (Å²) in [7, 11) is 0. The Hall–Kier alpha value is -3.19. The summed E-state index contributed by atoms with van der Waals surface area (Å²) in [6, 6.07) is 15.1. The van der Waals surface area contributed by atoms with Crippen molar-refractivity contribution >= 4 is 34.0 Å². The van der Waals surface area contributed by atoms with E-state index in [2.05, 4.69) is 15.6 Å². The molecule has 0 unspecified atom stereocenters. The number of anilines is 2. The van der Waals surface area contributed by atoms with E-state index in [0.29, 0.717) is 11.7 Å². The van der Waals surface area contributed by atoms with E-state index in [9.17, 15) is 9.59 Å². The van der Waals surface area contributed by atoms with Gasteiger partial charge in [0.15, 0.2) is 5.13 Å². The topological polar surface area (TPSA) is 80.3 Å². The Morgan fingerprint density at radius 1 is 1.11 bits per heavy atom. The van der Waals surface area contributed by atoms with Crippen molar-refractivity contribution in [1.82, 2.24) is 4.98 Å². The second-order valence-electron chi connectivity index (χ2n) is 6.26. The lowest BCUT2D eigenvalue weighted by Gasteiger charge is -2.06. The SMILES string of the molecule is CC(=O)Nc1ccc(-c2csc(NC(=O)CCOc3cccc(C)c3)n2)cc1. The van der Waals surface area contributed by atoms with Gasteiger partial charge in [-0.15, -0.1) is 11.3 Å². The largest absolute Gasteiger partial charge is 0.493 e. The lowest BCUT2D eigenvalue weighted by atomic mass is 10.1. The maximum absolute atomic E-state index is 12.1. The molecule has 3 rings (SSSR count). The number of aromatic nitrogens is 1. The van der Waals surface area contributed by atoms with Crippen molar-refractivity contribution in [3.63, 3.8) is 0 Å². The highest BCUT2D eigenvalue weighted by atomic mass is 32.1. The van der Waals surface area contributed by atoms with Gasteiger partial charge in [0, 0.05) is 23.6 Å². The van der Waals surface area contributed by atoms with Gasteiger partial charge in [-0.3, -0.25) is 9.59 Å².